The Morgan fingerprint density at radius 2 is 1.72 bits per heavy atom. The first-order valence-electron chi connectivity index (χ1n) is 9.53. The highest BCUT2D eigenvalue weighted by Crippen LogP contribution is 2.33. The van der Waals surface area contributed by atoms with Crippen LogP contribution in [0.25, 0.3) is 0 Å². The molecule has 1 aliphatic rings. The maximum atomic E-state index is 13.0. The van der Waals surface area contributed by atoms with Crippen molar-refractivity contribution < 1.29 is 19.1 Å². The summed E-state index contributed by atoms with van der Waals surface area (Å²) < 4.78 is 10.7. The van der Waals surface area contributed by atoms with E-state index in [1.807, 2.05) is 32.9 Å². The molecule has 2 amide bonds. The third-order valence-corrected chi connectivity index (χ3v) is 4.74. The van der Waals surface area contributed by atoms with Crippen LogP contribution in [0.1, 0.15) is 52.7 Å². The molecule has 154 valence electrons. The number of fused-ring (bicyclic) bond motifs is 1. The van der Waals surface area contributed by atoms with Gasteiger partial charge in [0.25, 0.3) is 11.8 Å². The molecule has 0 atom stereocenters. The Morgan fingerprint density at radius 1 is 1.07 bits per heavy atom. The van der Waals surface area contributed by atoms with Gasteiger partial charge in [0.2, 0.25) is 0 Å². The van der Waals surface area contributed by atoms with Crippen molar-refractivity contribution in [3.05, 3.63) is 52.8 Å². The number of nitrogens with one attached hydrogen (secondary N) is 1. The van der Waals surface area contributed by atoms with Gasteiger partial charge in [-0.1, -0.05) is 0 Å². The number of hydrogen-bond donors (Lipinski definition) is 1. The van der Waals surface area contributed by atoms with Crippen molar-refractivity contribution in [2.24, 2.45) is 0 Å². The van der Waals surface area contributed by atoms with Crippen LogP contribution in [0.5, 0.6) is 11.5 Å². The highest BCUT2D eigenvalue weighted by Gasteiger charge is 2.25. The van der Waals surface area contributed by atoms with Gasteiger partial charge in [0.1, 0.15) is 5.69 Å². The molecule has 7 nitrogen and oxygen atoms in total. The van der Waals surface area contributed by atoms with Gasteiger partial charge in [-0.3, -0.25) is 14.6 Å². The van der Waals surface area contributed by atoms with Crippen molar-refractivity contribution >= 4 is 11.8 Å². The monoisotopic (exact) mass is 397 g/mol. The van der Waals surface area contributed by atoms with E-state index >= 15 is 0 Å². The number of carbonyl (C=O) groups is 2. The minimum Gasteiger partial charge on any atom is -0.493 e. The highest BCUT2D eigenvalue weighted by atomic mass is 16.5. The summed E-state index contributed by atoms with van der Waals surface area (Å²) in [5, 5.41) is 2.90. The summed E-state index contributed by atoms with van der Waals surface area (Å²) >= 11 is 0. The minimum atomic E-state index is -0.360. The van der Waals surface area contributed by atoms with Crippen LogP contribution >= 0.6 is 0 Å². The van der Waals surface area contributed by atoms with Gasteiger partial charge in [-0.05, 0) is 62.6 Å². The van der Waals surface area contributed by atoms with E-state index in [1.54, 1.807) is 31.3 Å². The van der Waals surface area contributed by atoms with Gasteiger partial charge in [0.05, 0.1) is 14.2 Å². The predicted molar refractivity (Wildman–Crippen MR) is 109 cm³/mol. The number of amides is 2. The number of ether oxygens (including phenoxy) is 2. The number of nitrogens with zero attached hydrogens (tertiary/aromatic N) is 2. The summed E-state index contributed by atoms with van der Waals surface area (Å²) in [6.45, 7) is 6.75. The van der Waals surface area contributed by atoms with Crippen molar-refractivity contribution in [1.82, 2.24) is 15.2 Å². The van der Waals surface area contributed by atoms with Gasteiger partial charge in [-0.2, -0.15) is 0 Å². The van der Waals surface area contributed by atoms with Crippen molar-refractivity contribution in [3.8, 4) is 11.5 Å². The molecule has 0 saturated heterocycles. The van der Waals surface area contributed by atoms with Crippen LogP contribution in [0.4, 0.5) is 0 Å². The molecule has 1 aromatic carbocycles. The fraction of sp³-hybridized carbons (Fsp3) is 0.409. The van der Waals surface area contributed by atoms with E-state index in [9.17, 15) is 9.59 Å². The van der Waals surface area contributed by atoms with Crippen LogP contribution in [0, 0.1) is 0 Å². The number of methoxy groups -OCH3 is 2. The summed E-state index contributed by atoms with van der Waals surface area (Å²) in [5.41, 5.74) is 2.47. The molecule has 0 spiro atoms. The van der Waals surface area contributed by atoms with Crippen LogP contribution in [0.15, 0.2) is 30.5 Å². The van der Waals surface area contributed by atoms with Crippen LogP contribution in [-0.2, 0) is 13.0 Å². The molecule has 29 heavy (non-hydrogen) atoms. The van der Waals surface area contributed by atoms with Crippen LogP contribution in [0.3, 0.4) is 0 Å². The van der Waals surface area contributed by atoms with Gasteiger partial charge in [0.15, 0.2) is 11.5 Å². The van der Waals surface area contributed by atoms with Crippen LogP contribution in [0.2, 0.25) is 0 Å². The fourth-order valence-corrected chi connectivity index (χ4v) is 3.32. The lowest BCUT2D eigenvalue weighted by Gasteiger charge is -2.29. The first-order chi connectivity index (χ1) is 13.7. The Labute approximate surface area is 171 Å². The molecule has 3 rings (SSSR count). The number of benzene rings is 1. The minimum absolute atomic E-state index is 0.198. The average Bonchev–Trinajstić information content (AvgIpc) is 2.70. The fourth-order valence-electron chi connectivity index (χ4n) is 3.32. The molecule has 0 aliphatic carbocycles. The normalized spacial score (nSPS) is 13.5. The second-order valence-corrected chi connectivity index (χ2v) is 8.09. The number of aromatic nitrogens is 1. The molecular weight excluding hydrogens is 370 g/mol. The summed E-state index contributed by atoms with van der Waals surface area (Å²) in [7, 11) is 3.20. The van der Waals surface area contributed by atoms with E-state index in [-0.39, 0.29) is 23.0 Å². The Bertz CT molecular complexity index is 934. The standard InChI is InChI=1S/C22H27N3O4/c1-22(2,3)24-20(26)15-6-8-23-17(10-15)21(27)25-9-7-14-11-18(28-4)19(29-5)12-16(14)13-25/h6,8,10-12H,7,9,13H2,1-5H3,(H,24,26). The van der Waals surface area contributed by atoms with Crippen molar-refractivity contribution in [3.63, 3.8) is 0 Å². The highest BCUT2D eigenvalue weighted by molar-refractivity contribution is 5.98. The third kappa shape index (κ3) is 4.67. The van der Waals surface area contributed by atoms with Crippen molar-refractivity contribution in [2.75, 3.05) is 20.8 Å². The van der Waals surface area contributed by atoms with E-state index in [1.165, 1.54) is 6.20 Å². The van der Waals surface area contributed by atoms with E-state index in [4.69, 9.17) is 9.47 Å². The molecule has 2 aromatic rings. The number of pyridine rings is 1. The van der Waals surface area contributed by atoms with Gasteiger partial charge in [-0.15, -0.1) is 0 Å². The molecule has 0 bridgehead atoms. The number of rotatable bonds is 4. The van der Waals surface area contributed by atoms with Crippen LogP contribution in [-0.4, -0.2) is 48.0 Å². The quantitative estimate of drug-likeness (QED) is 0.858. The molecule has 0 unspecified atom stereocenters. The Morgan fingerprint density at radius 3 is 2.34 bits per heavy atom. The van der Waals surface area contributed by atoms with E-state index in [0.29, 0.717) is 36.6 Å². The lowest BCUT2D eigenvalue weighted by molar-refractivity contribution is 0.0728. The Balaban J connectivity index is 1.80. The van der Waals surface area contributed by atoms with Gasteiger partial charge in [-0.25, -0.2) is 0 Å². The summed E-state index contributed by atoms with van der Waals surface area (Å²) in [6, 6.07) is 7.04. The average molecular weight is 397 g/mol. The smallest absolute Gasteiger partial charge is 0.272 e. The number of carbonyl (C=O) groups excluding carboxylic acids is 2. The zero-order valence-electron chi connectivity index (χ0n) is 17.5. The SMILES string of the molecule is COc1cc2c(cc1OC)CN(C(=O)c1cc(C(=O)NC(C)(C)C)ccn1)CC2. The van der Waals surface area contributed by atoms with Gasteiger partial charge < -0.3 is 19.7 Å². The topological polar surface area (TPSA) is 80.8 Å². The largest absolute Gasteiger partial charge is 0.493 e. The molecular formula is C22H27N3O4. The second kappa shape index (κ2) is 8.11. The summed E-state index contributed by atoms with van der Waals surface area (Å²) in [4.78, 5) is 31.4. The van der Waals surface area contributed by atoms with Gasteiger partial charge in [0, 0.05) is 30.4 Å². The van der Waals surface area contributed by atoms with Crippen molar-refractivity contribution in [2.45, 2.75) is 39.3 Å². The van der Waals surface area contributed by atoms with Gasteiger partial charge >= 0.3 is 0 Å². The molecule has 0 radical (unpaired) electrons. The molecule has 7 heteroatoms. The molecule has 2 heterocycles. The second-order valence-electron chi connectivity index (χ2n) is 8.09. The molecule has 0 saturated carbocycles. The molecule has 0 fully saturated rings. The molecule has 1 N–H and O–H groups in total. The van der Waals surface area contributed by atoms with E-state index in [0.717, 1.165) is 11.1 Å². The lowest BCUT2D eigenvalue weighted by Crippen LogP contribution is -2.41. The predicted octanol–water partition coefficient (Wildman–Crippen LogP) is 2.83. The number of hydrogen-bond acceptors (Lipinski definition) is 5. The first kappa shape index (κ1) is 20.6. The summed E-state index contributed by atoms with van der Waals surface area (Å²) in [6.07, 6.45) is 2.21. The van der Waals surface area contributed by atoms with Crippen molar-refractivity contribution in [1.29, 1.82) is 0 Å². The van der Waals surface area contributed by atoms with E-state index < -0.39 is 0 Å². The Kier molecular flexibility index (Phi) is 5.77. The molecule has 1 aliphatic heterocycles. The maximum absolute atomic E-state index is 13.0. The van der Waals surface area contributed by atoms with Crippen LogP contribution < -0.4 is 14.8 Å². The summed E-state index contributed by atoms with van der Waals surface area (Å²) in [5.74, 6) is 0.899. The van der Waals surface area contributed by atoms with E-state index in [2.05, 4.69) is 10.3 Å². The lowest BCUT2D eigenvalue weighted by atomic mass is 9.98. The zero-order valence-corrected chi connectivity index (χ0v) is 17.5. The molecule has 1 aromatic heterocycles. The first-order valence-corrected chi connectivity index (χ1v) is 9.53. The third-order valence-electron chi connectivity index (χ3n) is 4.74. The zero-order chi connectivity index (χ0) is 21.2. The maximum Gasteiger partial charge on any atom is 0.272 e. The Hall–Kier alpha value is -3.09.